The summed E-state index contributed by atoms with van der Waals surface area (Å²) in [7, 11) is 0. The summed E-state index contributed by atoms with van der Waals surface area (Å²) in [6.07, 6.45) is 1.45. The molecule has 1 N–H and O–H groups in total. The summed E-state index contributed by atoms with van der Waals surface area (Å²) in [5, 5.41) is 3.02. The highest BCUT2D eigenvalue weighted by Gasteiger charge is 2.32. The summed E-state index contributed by atoms with van der Waals surface area (Å²) in [4.78, 5) is 26.6. The lowest BCUT2D eigenvalue weighted by Crippen LogP contribution is -2.45. The van der Waals surface area contributed by atoms with E-state index in [0.717, 1.165) is 28.6 Å². The molecule has 0 saturated carbocycles. The lowest BCUT2D eigenvalue weighted by molar-refractivity contribution is -0.142. The van der Waals surface area contributed by atoms with E-state index in [2.05, 4.69) is 21.2 Å². The molecule has 4 nitrogen and oxygen atoms in total. The topological polar surface area (TPSA) is 49.4 Å². The molecule has 1 aromatic rings. The number of nitrogens with zero attached hydrogens (tertiary/aromatic N) is 1. The first-order chi connectivity index (χ1) is 10.7. The van der Waals surface area contributed by atoms with Crippen LogP contribution in [0.3, 0.4) is 0 Å². The maximum Gasteiger partial charge on any atom is 0.227 e. The van der Waals surface area contributed by atoms with E-state index in [1.807, 2.05) is 50.8 Å². The molecule has 0 atom stereocenters. The molecule has 1 fully saturated rings. The number of rotatable bonds is 2. The Balaban J connectivity index is 1.92. The molecule has 2 amide bonds. The van der Waals surface area contributed by atoms with Gasteiger partial charge in [-0.15, -0.1) is 0 Å². The Hall–Kier alpha value is -1.36. The highest BCUT2D eigenvalue weighted by atomic mass is 79.9. The van der Waals surface area contributed by atoms with Crippen molar-refractivity contribution in [2.24, 2.45) is 11.3 Å². The van der Waals surface area contributed by atoms with Crippen molar-refractivity contribution in [3.63, 3.8) is 0 Å². The number of hydrogen-bond donors (Lipinski definition) is 1. The van der Waals surface area contributed by atoms with Crippen molar-refractivity contribution in [2.75, 3.05) is 18.4 Å². The normalized spacial score (nSPS) is 16.3. The molecular weight excluding hydrogens is 356 g/mol. The predicted octanol–water partition coefficient (Wildman–Crippen LogP) is 3.98. The van der Waals surface area contributed by atoms with Crippen molar-refractivity contribution in [1.82, 2.24) is 4.90 Å². The van der Waals surface area contributed by atoms with Gasteiger partial charge < -0.3 is 10.2 Å². The number of piperidine rings is 1. The van der Waals surface area contributed by atoms with Gasteiger partial charge in [-0.1, -0.05) is 36.7 Å². The van der Waals surface area contributed by atoms with Crippen LogP contribution in [0.25, 0.3) is 0 Å². The number of carbonyl (C=O) groups is 2. The smallest absolute Gasteiger partial charge is 0.227 e. The zero-order valence-corrected chi connectivity index (χ0v) is 15.9. The number of amides is 2. The van der Waals surface area contributed by atoms with Crippen LogP contribution >= 0.6 is 15.9 Å². The summed E-state index contributed by atoms with van der Waals surface area (Å²) in [5.41, 5.74) is 1.53. The molecule has 1 aliphatic rings. The Morgan fingerprint density at radius 1 is 1.22 bits per heavy atom. The molecule has 0 aromatic heterocycles. The number of likely N-dealkylation sites (tertiary alicyclic amines) is 1. The minimum atomic E-state index is -0.358. The average molecular weight is 381 g/mol. The molecule has 0 spiro atoms. The second-order valence-corrected chi connectivity index (χ2v) is 8.18. The number of halogens is 1. The van der Waals surface area contributed by atoms with Crippen LogP contribution in [0, 0.1) is 18.3 Å². The number of anilines is 1. The van der Waals surface area contributed by atoms with E-state index in [1.165, 1.54) is 0 Å². The molecule has 23 heavy (non-hydrogen) atoms. The third-order valence-electron chi connectivity index (χ3n) is 4.24. The van der Waals surface area contributed by atoms with Crippen LogP contribution in [0.4, 0.5) is 5.69 Å². The molecule has 2 rings (SSSR count). The second-order valence-electron chi connectivity index (χ2n) is 7.26. The van der Waals surface area contributed by atoms with E-state index in [-0.39, 0.29) is 23.1 Å². The van der Waals surface area contributed by atoms with Crippen molar-refractivity contribution in [3.05, 3.63) is 28.2 Å². The van der Waals surface area contributed by atoms with Gasteiger partial charge in [-0.25, -0.2) is 0 Å². The largest absolute Gasteiger partial charge is 0.342 e. The fraction of sp³-hybridized carbons (Fsp3) is 0.556. The average Bonchev–Trinajstić information content (AvgIpc) is 2.48. The Labute approximate surface area is 146 Å². The number of aryl methyl sites for hydroxylation is 1. The number of carbonyl (C=O) groups excluding carboxylic acids is 2. The first-order valence-electron chi connectivity index (χ1n) is 8.05. The highest BCUT2D eigenvalue weighted by molar-refractivity contribution is 9.10. The van der Waals surface area contributed by atoms with Crippen molar-refractivity contribution in [2.45, 2.75) is 40.5 Å². The fourth-order valence-electron chi connectivity index (χ4n) is 2.82. The van der Waals surface area contributed by atoms with Gasteiger partial charge in [0.2, 0.25) is 11.8 Å². The van der Waals surface area contributed by atoms with Crippen LogP contribution in [0.2, 0.25) is 0 Å². The minimum absolute atomic E-state index is 0.0259. The zero-order valence-electron chi connectivity index (χ0n) is 14.3. The molecular formula is C18H25BrN2O2. The Bertz CT molecular complexity index is 600. The summed E-state index contributed by atoms with van der Waals surface area (Å²) in [5.74, 6) is 0.195. The van der Waals surface area contributed by atoms with E-state index >= 15 is 0 Å². The van der Waals surface area contributed by atoms with Crippen molar-refractivity contribution >= 4 is 33.4 Å². The van der Waals surface area contributed by atoms with Crippen molar-refractivity contribution < 1.29 is 9.59 Å². The van der Waals surface area contributed by atoms with Gasteiger partial charge in [0.05, 0.1) is 0 Å². The van der Waals surface area contributed by atoms with Crippen molar-refractivity contribution in [3.8, 4) is 0 Å². The maximum atomic E-state index is 12.5. The molecule has 1 aliphatic heterocycles. The SMILES string of the molecule is Cc1cc(Br)ccc1NC(=O)C1CCN(C(=O)C(C)(C)C)CC1. The van der Waals surface area contributed by atoms with Crippen LogP contribution in [0.1, 0.15) is 39.2 Å². The van der Waals surface area contributed by atoms with Crippen molar-refractivity contribution in [1.29, 1.82) is 0 Å². The van der Waals surface area contributed by atoms with Crippen LogP contribution < -0.4 is 5.32 Å². The Morgan fingerprint density at radius 3 is 2.35 bits per heavy atom. The van der Waals surface area contributed by atoms with Crippen LogP contribution in [-0.2, 0) is 9.59 Å². The van der Waals surface area contributed by atoms with Gasteiger partial charge in [-0.2, -0.15) is 0 Å². The van der Waals surface area contributed by atoms with E-state index in [1.54, 1.807) is 0 Å². The van der Waals surface area contributed by atoms with Gasteiger partial charge in [0.1, 0.15) is 0 Å². The molecule has 0 unspecified atom stereocenters. The molecule has 126 valence electrons. The lowest BCUT2D eigenvalue weighted by atomic mass is 9.90. The lowest BCUT2D eigenvalue weighted by Gasteiger charge is -2.35. The third-order valence-corrected chi connectivity index (χ3v) is 4.73. The predicted molar refractivity (Wildman–Crippen MR) is 96.3 cm³/mol. The highest BCUT2D eigenvalue weighted by Crippen LogP contribution is 2.26. The summed E-state index contributed by atoms with van der Waals surface area (Å²) < 4.78 is 1.00. The Morgan fingerprint density at radius 2 is 1.83 bits per heavy atom. The van der Waals surface area contributed by atoms with Gasteiger partial charge in [-0.3, -0.25) is 9.59 Å². The van der Waals surface area contributed by atoms with Gasteiger partial charge in [0.25, 0.3) is 0 Å². The molecule has 1 aromatic carbocycles. The van der Waals surface area contributed by atoms with E-state index in [9.17, 15) is 9.59 Å². The monoisotopic (exact) mass is 380 g/mol. The summed E-state index contributed by atoms with van der Waals surface area (Å²) in [6.45, 7) is 9.10. The van der Waals surface area contributed by atoms with Gasteiger partial charge in [0.15, 0.2) is 0 Å². The Kier molecular flexibility index (Phi) is 5.50. The quantitative estimate of drug-likeness (QED) is 0.843. The molecule has 0 bridgehead atoms. The molecule has 0 aliphatic carbocycles. The molecule has 1 saturated heterocycles. The first-order valence-corrected chi connectivity index (χ1v) is 8.84. The second kappa shape index (κ2) is 7.04. The summed E-state index contributed by atoms with van der Waals surface area (Å²) in [6, 6.07) is 5.82. The number of nitrogens with one attached hydrogen (secondary N) is 1. The van der Waals surface area contributed by atoms with Crippen LogP contribution in [-0.4, -0.2) is 29.8 Å². The number of benzene rings is 1. The van der Waals surface area contributed by atoms with Crippen LogP contribution in [0.5, 0.6) is 0 Å². The van der Waals surface area contributed by atoms with E-state index < -0.39 is 0 Å². The molecule has 5 heteroatoms. The maximum absolute atomic E-state index is 12.5. The molecule has 1 heterocycles. The summed E-state index contributed by atoms with van der Waals surface area (Å²) >= 11 is 3.42. The first kappa shape index (κ1) is 18.0. The third kappa shape index (κ3) is 4.56. The van der Waals surface area contributed by atoms with Gasteiger partial charge in [-0.05, 0) is 43.5 Å². The van der Waals surface area contributed by atoms with E-state index in [4.69, 9.17) is 0 Å². The standard InChI is InChI=1S/C18H25BrN2O2/c1-12-11-14(19)5-6-15(12)20-16(22)13-7-9-21(10-8-13)17(23)18(2,3)4/h5-6,11,13H,7-10H2,1-4H3,(H,20,22). The zero-order chi connectivity index (χ0) is 17.2. The molecule has 0 radical (unpaired) electrons. The van der Waals surface area contributed by atoms with E-state index in [0.29, 0.717) is 13.1 Å². The number of hydrogen-bond acceptors (Lipinski definition) is 2. The fourth-order valence-corrected chi connectivity index (χ4v) is 3.30. The minimum Gasteiger partial charge on any atom is -0.342 e. The van der Waals surface area contributed by atoms with Gasteiger partial charge in [0, 0.05) is 34.6 Å². The van der Waals surface area contributed by atoms with Crippen LogP contribution in [0.15, 0.2) is 22.7 Å². The van der Waals surface area contributed by atoms with Gasteiger partial charge >= 0.3 is 0 Å².